The average molecular weight is 236 g/mol. The summed E-state index contributed by atoms with van der Waals surface area (Å²) in [5, 5.41) is 5.84. The lowest BCUT2D eigenvalue weighted by molar-refractivity contribution is -0.117. The molecule has 1 unspecified atom stereocenters. The number of benzene rings is 1. The van der Waals surface area contributed by atoms with Crippen molar-refractivity contribution in [2.45, 2.75) is 19.8 Å². The lowest BCUT2D eigenvalue weighted by Gasteiger charge is -2.10. The minimum absolute atomic E-state index is 0.108. The summed E-state index contributed by atoms with van der Waals surface area (Å²) in [5.74, 6) is -0.112. The zero-order valence-electron chi connectivity index (χ0n) is 9.92. The van der Waals surface area contributed by atoms with Crippen LogP contribution in [-0.2, 0) is 4.79 Å². The Balaban J connectivity index is 1.95. The van der Waals surface area contributed by atoms with Crippen molar-refractivity contribution >= 4 is 11.6 Å². The highest BCUT2D eigenvalue weighted by Gasteiger charge is 2.18. The van der Waals surface area contributed by atoms with Crippen molar-refractivity contribution in [1.82, 2.24) is 5.32 Å². The highest BCUT2D eigenvalue weighted by molar-refractivity contribution is 5.91. The van der Waals surface area contributed by atoms with E-state index >= 15 is 0 Å². The number of carbonyl (C=O) groups excluding carboxylic acids is 1. The highest BCUT2D eigenvalue weighted by Crippen LogP contribution is 2.18. The van der Waals surface area contributed by atoms with Gasteiger partial charge in [0.2, 0.25) is 5.91 Å². The van der Waals surface area contributed by atoms with Crippen molar-refractivity contribution in [3.8, 4) is 0 Å². The second-order valence-electron chi connectivity index (χ2n) is 4.59. The van der Waals surface area contributed by atoms with Gasteiger partial charge in [0.15, 0.2) is 0 Å². The summed E-state index contributed by atoms with van der Waals surface area (Å²) >= 11 is 0. The van der Waals surface area contributed by atoms with Crippen LogP contribution in [0.1, 0.15) is 18.4 Å². The van der Waals surface area contributed by atoms with Gasteiger partial charge in [-0.05, 0) is 50.0 Å². The van der Waals surface area contributed by atoms with Gasteiger partial charge in [0.25, 0.3) is 0 Å². The first kappa shape index (κ1) is 12.0. The molecule has 1 aromatic carbocycles. The van der Waals surface area contributed by atoms with Gasteiger partial charge in [-0.1, -0.05) is 6.07 Å². The molecule has 0 bridgehead atoms. The third-order valence-electron chi connectivity index (χ3n) is 3.03. The number of anilines is 1. The Hall–Kier alpha value is -1.42. The van der Waals surface area contributed by atoms with Gasteiger partial charge in [-0.3, -0.25) is 4.79 Å². The van der Waals surface area contributed by atoms with Gasteiger partial charge < -0.3 is 10.6 Å². The summed E-state index contributed by atoms with van der Waals surface area (Å²) < 4.78 is 13.4. The first-order valence-corrected chi connectivity index (χ1v) is 5.92. The molecule has 1 aliphatic heterocycles. The first-order valence-electron chi connectivity index (χ1n) is 5.92. The van der Waals surface area contributed by atoms with E-state index in [4.69, 9.17) is 0 Å². The molecule has 1 heterocycles. The van der Waals surface area contributed by atoms with Crippen molar-refractivity contribution in [3.05, 3.63) is 29.6 Å². The molecule has 1 fully saturated rings. The zero-order chi connectivity index (χ0) is 12.3. The van der Waals surface area contributed by atoms with Crippen LogP contribution in [-0.4, -0.2) is 19.0 Å². The van der Waals surface area contributed by atoms with Gasteiger partial charge in [-0.2, -0.15) is 0 Å². The second kappa shape index (κ2) is 5.27. The topological polar surface area (TPSA) is 41.1 Å². The molecule has 17 heavy (non-hydrogen) atoms. The van der Waals surface area contributed by atoms with E-state index in [-0.39, 0.29) is 17.4 Å². The van der Waals surface area contributed by atoms with Gasteiger partial charge in [0.1, 0.15) is 5.82 Å². The van der Waals surface area contributed by atoms with Crippen molar-refractivity contribution in [2.75, 3.05) is 18.4 Å². The van der Waals surface area contributed by atoms with Crippen molar-refractivity contribution in [3.63, 3.8) is 0 Å². The molecule has 1 amide bonds. The Labute approximate surface area is 100 Å². The maximum absolute atomic E-state index is 13.4. The van der Waals surface area contributed by atoms with E-state index < -0.39 is 0 Å². The lowest BCUT2D eigenvalue weighted by atomic mass is 10.0. The summed E-state index contributed by atoms with van der Waals surface area (Å²) in [4.78, 5) is 11.7. The van der Waals surface area contributed by atoms with E-state index in [1.54, 1.807) is 12.1 Å². The predicted molar refractivity (Wildman–Crippen MR) is 65.4 cm³/mol. The summed E-state index contributed by atoms with van der Waals surface area (Å²) in [6.07, 6.45) is 1.48. The van der Waals surface area contributed by atoms with E-state index in [1.165, 1.54) is 6.07 Å². The van der Waals surface area contributed by atoms with Crippen LogP contribution in [0.2, 0.25) is 0 Å². The number of aryl methyl sites for hydroxylation is 1. The van der Waals surface area contributed by atoms with Crippen LogP contribution in [0.5, 0.6) is 0 Å². The van der Waals surface area contributed by atoms with E-state index in [1.807, 2.05) is 6.92 Å². The molecule has 0 aliphatic carbocycles. The molecule has 2 rings (SSSR count). The van der Waals surface area contributed by atoms with E-state index in [2.05, 4.69) is 10.6 Å². The van der Waals surface area contributed by atoms with Gasteiger partial charge >= 0.3 is 0 Å². The minimum Gasteiger partial charge on any atom is -0.324 e. The van der Waals surface area contributed by atoms with Crippen molar-refractivity contribution in [1.29, 1.82) is 0 Å². The second-order valence-corrected chi connectivity index (χ2v) is 4.59. The van der Waals surface area contributed by atoms with Gasteiger partial charge in [-0.15, -0.1) is 0 Å². The van der Waals surface area contributed by atoms with Gasteiger partial charge in [-0.25, -0.2) is 4.39 Å². The molecule has 4 heteroatoms. The smallest absolute Gasteiger partial charge is 0.224 e. The normalized spacial score (nSPS) is 19.3. The van der Waals surface area contributed by atoms with Crippen LogP contribution in [0.3, 0.4) is 0 Å². The molecule has 0 aromatic heterocycles. The van der Waals surface area contributed by atoms with Gasteiger partial charge in [0, 0.05) is 6.42 Å². The quantitative estimate of drug-likeness (QED) is 0.843. The molecule has 92 valence electrons. The number of amides is 1. The molecule has 0 spiro atoms. The average Bonchev–Trinajstić information content (AvgIpc) is 2.76. The van der Waals surface area contributed by atoms with Crippen molar-refractivity contribution in [2.24, 2.45) is 5.92 Å². The molecular formula is C13H17FN2O. The molecule has 1 aromatic rings. The molecular weight excluding hydrogens is 219 g/mol. The van der Waals surface area contributed by atoms with Crippen molar-refractivity contribution < 1.29 is 9.18 Å². The Morgan fingerprint density at radius 2 is 2.41 bits per heavy atom. The Morgan fingerprint density at radius 1 is 1.59 bits per heavy atom. The minimum atomic E-state index is -0.381. The molecule has 1 atom stereocenters. The molecule has 0 saturated carbocycles. The maximum Gasteiger partial charge on any atom is 0.224 e. The molecule has 0 radical (unpaired) electrons. The highest BCUT2D eigenvalue weighted by atomic mass is 19.1. The predicted octanol–water partition coefficient (Wildman–Crippen LogP) is 2.07. The third kappa shape index (κ3) is 3.27. The lowest BCUT2D eigenvalue weighted by Crippen LogP contribution is -2.18. The van der Waals surface area contributed by atoms with E-state index in [0.717, 1.165) is 25.1 Å². The Kier molecular flexibility index (Phi) is 3.74. The fourth-order valence-electron chi connectivity index (χ4n) is 2.09. The summed E-state index contributed by atoms with van der Waals surface area (Å²) in [7, 11) is 0. The van der Waals surface area contributed by atoms with Crippen LogP contribution in [0.4, 0.5) is 10.1 Å². The summed E-state index contributed by atoms with van der Waals surface area (Å²) in [5.41, 5.74) is 1.21. The van der Waals surface area contributed by atoms with Crippen LogP contribution < -0.4 is 10.6 Å². The number of hydrogen-bond donors (Lipinski definition) is 2. The first-order chi connectivity index (χ1) is 8.15. The third-order valence-corrected chi connectivity index (χ3v) is 3.03. The molecule has 2 N–H and O–H groups in total. The monoisotopic (exact) mass is 236 g/mol. The zero-order valence-corrected chi connectivity index (χ0v) is 9.92. The van der Waals surface area contributed by atoms with Crippen LogP contribution in [0.25, 0.3) is 0 Å². The van der Waals surface area contributed by atoms with Crippen LogP contribution in [0.15, 0.2) is 18.2 Å². The van der Waals surface area contributed by atoms with Crippen LogP contribution >= 0.6 is 0 Å². The number of halogens is 1. The molecule has 3 nitrogen and oxygen atoms in total. The number of hydrogen-bond acceptors (Lipinski definition) is 2. The Morgan fingerprint density at radius 3 is 3.12 bits per heavy atom. The standard InChI is InChI=1S/C13H17FN2O/c1-9-2-3-11(14)12(6-9)16-13(17)7-10-4-5-15-8-10/h2-3,6,10,15H,4-5,7-8H2,1H3,(H,16,17). The Bertz CT molecular complexity index is 414. The summed E-state index contributed by atoms with van der Waals surface area (Å²) in [6, 6.07) is 4.72. The molecule has 1 aliphatic rings. The summed E-state index contributed by atoms with van der Waals surface area (Å²) in [6.45, 7) is 3.72. The fraction of sp³-hybridized carbons (Fsp3) is 0.462. The number of nitrogens with one attached hydrogen (secondary N) is 2. The number of rotatable bonds is 3. The van der Waals surface area contributed by atoms with E-state index in [0.29, 0.717) is 12.3 Å². The number of carbonyl (C=O) groups is 1. The maximum atomic E-state index is 13.4. The van der Waals surface area contributed by atoms with Crippen LogP contribution in [0, 0.1) is 18.7 Å². The fourth-order valence-corrected chi connectivity index (χ4v) is 2.09. The largest absolute Gasteiger partial charge is 0.324 e. The van der Waals surface area contributed by atoms with Gasteiger partial charge in [0.05, 0.1) is 5.69 Å². The van der Waals surface area contributed by atoms with E-state index in [9.17, 15) is 9.18 Å². The molecule has 1 saturated heterocycles. The SMILES string of the molecule is Cc1ccc(F)c(NC(=O)CC2CCNC2)c1.